The van der Waals surface area contributed by atoms with Crippen LogP contribution >= 0.6 is 34.7 Å². The maximum absolute atomic E-state index is 13.8. The number of unbranched alkanes of at least 4 members (excludes halogenated alkanes) is 1. The Morgan fingerprint density at radius 1 is 1.00 bits per heavy atom. The van der Waals surface area contributed by atoms with Crippen molar-refractivity contribution >= 4 is 57.3 Å². The van der Waals surface area contributed by atoms with Gasteiger partial charge in [-0.15, -0.1) is 10.2 Å². The molecular weight excluding hydrogens is 670 g/mol. The Bertz CT molecular complexity index is 1760. The SMILES string of the molecule is CCCCOc1ccc(C(O)=C2C(=O)C(=O)N(c3nnc(SCc4ccc(Cl)cc4)s3)[C@H]2c2ccc(OCCC(C)C)c(OC)c2)cc1. The number of hydrogen-bond acceptors (Lipinski definition) is 10. The van der Waals surface area contributed by atoms with Gasteiger partial charge in [0.05, 0.1) is 31.9 Å². The number of thioether (sulfide) groups is 1. The van der Waals surface area contributed by atoms with E-state index in [9.17, 15) is 14.7 Å². The number of nitrogens with zero attached hydrogens (tertiary/aromatic N) is 3. The minimum absolute atomic E-state index is 0.0688. The van der Waals surface area contributed by atoms with Gasteiger partial charge in [0.2, 0.25) is 5.13 Å². The zero-order valence-electron chi connectivity index (χ0n) is 27.3. The van der Waals surface area contributed by atoms with Crippen LogP contribution in [0.2, 0.25) is 5.02 Å². The monoisotopic (exact) mass is 707 g/mol. The molecule has 4 aromatic rings. The highest BCUT2D eigenvalue weighted by molar-refractivity contribution is 8.00. The summed E-state index contributed by atoms with van der Waals surface area (Å²) in [4.78, 5) is 28.8. The summed E-state index contributed by atoms with van der Waals surface area (Å²) in [6, 6.07) is 18.6. The largest absolute Gasteiger partial charge is 0.507 e. The van der Waals surface area contributed by atoms with E-state index in [0.717, 1.165) is 24.8 Å². The summed E-state index contributed by atoms with van der Waals surface area (Å²) in [6.07, 6.45) is 2.79. The minimum atomic E-state index is -1.01. The molecule has 9 nitrogen and oxygen atoms in total. The predicted octanol–water partition coefficient (Wildman–Crippen LogP) is 8.72. The van der Waals surface area contributed by atoms with Crippen molar-refractivity contribution in [1.82, 2.24) is 10.2 Å². The molecule has 2 heterocycles. The smallest absolute Gasteiger partial charge is 0.301 e. The van der Waals surface area contributed by atoms with Crippen LogP contribution in [-0.2, 0) is 15.3 Å². The molecule has 1 fully saturated rings. The van der Waals surface area contributed by atoms with Crippen LogP contribution in [0.4, 0.5) is 5.13 Å². The van der Waals surface area contributed by atoms with Crippen LogP contribution in [0.5, 0.6) is 17.2 Å². The highest BCUT2D eigenvalue weighted by atomic mass is 35.5. The minimum Gasteiger partial charge on any atom is -0.507 e. The highest BCUT2D eigenvalue weighted by Crippen LogP contribution is 2.45. The first-order chi connectivity index (χ1) is 23.2. The van der Waals surface area contributed by atoms with Crippen molar-refractivity contribution < 1.29 is 28.9 Å². The second-order valence-corrected chi connectivity index (χ2v) is 14.2. The van der Waals surface area contributed by atoms with E-state index >= 15 is 0 Å². The number of halogens is 1. The normalized spacial score (nSPS) is 15.7. The average molecular weight is 708 g/mol. The number of Topliss-reactive ketones (excluding diaryl/α,β-unsaturated/α-hetero) is 1. The van der Waals surface area contributed by atoms with Gasteiger partial charge in [0.25, 0.3) is 5.78 Å². The molecule has 48 heavy (non-hydrogen) atoms. The van der Waals surface area contributed by atoms with Crippen molar-refractivity contribution in [3.63, 3.8) is 0 Å². The third-order valence-corrected chi connectivity index (χ3v) is 10.1. The highest BCUT2D eigenvalue weighted by Gasteiger charge is 2.48. The van der Waals surface area contributed by atoms with E-state index in [1.54, 1.807) is 42.5 Å². The van der Waals surface area contributed by atoms with E-state index in [4.69, 9.17) is 25.8 Å². The lowest BCUT2D eigenvalue weighted by Gasteiger charge is -2.23. The van der Waals surface area contributed by atoms with Crippen molar-refractivity contribution in [2.24, 2.45) is 5.92 Å². The summed E-state index contributed by atoms with van der Waals surface area (Å²) in [7, 11) is 1.53. The van der Waals surface area contributed by atoms with Crippen LogP contribution < -0.4 is 19.1 Å². The van der Waals surface area contributed by atoms with Crippen molar-refractivity contribution in [1.29, 1.82) is 0 Å². The third kappa shape index (κ3) is 8.32. The molecule has 0 spiro atoms. The van der Waals surface area contributed by atoms with Gasteiger partial charge >= 0.3 is 5.91 Å². The van der Waals surface area contributed by atoms with Gasteiger partial charge in [0.1, 0.15) is 11.5 Å². The molecule has 1 aliphatic rings. The number of carbonyl (C=O) groups is 2. The number of hydrogen-bond donors (Lipinski definition) is 1. The molecule has 1 N–H and O–H groups in total. The zero-order chi connectivity index (χ0) is 34.2. The molecule has 1 aromatic heterocycles. The number of ketones is 1. The molecule has 1 amide bonds. The summed E-state index contributed by atoms with van der Waals surface area (Å²) in [5, 5.41) is 21.1. The van der Waals surface area contributed by atoms with E-state index < -0.39 is 17.7 Å². The Kier molecular flexibility index (Phi) is 12.0. The number of rotatable bonds is 15. The maximum atomic E-state index is 13.8. The topological polar surface area (TPSA) is 111 Å². The number of aliphatic hydroxyl groups excluding tert-OH is 1. The van der Waals surface area contributed by atoms with E-state index in [0.29, 0.717) is 62.6 Å². The van der Waals surface area contributed by atoms with Crippen molar-refractivity contribution in [3.8, 4) is 17.2 Å². The summed E-state index contributed by atoms with van der Waals surface area (Å²) >= 11 is 8.68. The number of methoxy groups -OCH3 is 1. The van der Waals surface area contributed by atoms with Gasteiger partial charge in [-0.1, -0.05) is 80.1 Å². The van der Waals surface area contributed by atoms with Crippen LogP contribution in [0.25, 0.3) is 5.76 Å². The number of aliphatic hydroxyl groups is 1. The van der Waals surface area contributed by atoms with Crippen molar-refractivity contribution in [2.75, 3.05) is 25.2 Å². The number of benzene rings is 3. The molecule has 0 radical (unpaired) electrons. The van der Waals surface area contributed by atoms with E-state index in [1.807, 2.05) is 24.3 Å². The van der Waals surface area contributed by atoms with E-state index in [-0.39, 0.29) is 16.5 Å². The lowest BCUT2D eigenvalue weighted by Crippen LogP contribution is -2.29. The number of carbonyl (C=O) groups excluding carboxylic acids is 2. The fourth-order valence-electron chi connectivity index (χ4n) is 5.01. The molecular formula is C36H38ClN3O6S2. The van der Waals surface area contributed by atoms with E-state index in [1.165, 1.54) is 35.1 Å². The fraction of sp³-hybridized carbons (Fsp3) is 0.333. The summed E-state index contributed by atoms with van der Waals surface area (Å²) in [5.74, 6) is 0.743. The fourth-order valence-corrected chi connectivity index (χ4v) is 6.96. The van der Waals surface area contributed by atoms with Gasteiger partial charge < -0.3 is 19.3 Å². The molecule has 252 valence electrons. The van der Waals surface area contributed by atoms with Crippen LogP contribution in [0, 0.1) is 5.92 Å². The molecule has 0 unspecified atom stereocenters. The van der Waals surface area contributed by atoms with Gasteiger partial charge in [0.15, 0.2) is 15.8 Å². The Hall–Kier alpha value is -4.06. The Morgan fingerprint density at radius 3 is 2.44 bits per heavy atom. The predicted molar refractivity (Wildman–Crippen MR) is 190 cm³/mol. The van der Waals surface area contributed by atoms with E-state index in [2.05, 4.69) is 31.0 Å². The average Bonchev–Trinajstić information content (AvgIpc) is 3.66. The molecule has 12 heteroatoms. The Morgan fingerprint density at radius 2 is 1.75 bits per heavy atom. The van der Waals surface area contributed by atoms with Gasteiger partial charge in [-0.2, -0.15) is 0 Å². The first kappa shape index (κ1) is 35.3. The lowest BCUT2D eigenvalue weighted by molar-refractivity contribution is -0.132. The second-order valence-electron chi connectivity index (χ2n) is 11.6. The molecule has 1 atom stereocenters. The summed E-state index contributed by atoms with van der Waals surface area (Å²) in [6.45, 7) is 7.41. The first-order valence-corrected chi connectivity index (χ1v) is 17.9. The zero-order valence-corrected chi connectivity index (χ0v) is 29.7. The first-order valence-electron chi connectivity index (χ1n) is 15.8. The van der Waals surface area contributed by atoms with Crippen molar-refractivity contribution in [3.05, 3.63) is 94.0 Å². The maximum Gasteiger partial charge on any atom is 0.301 e. The Labute approximate surface area is 293 Å². The van der Waals surface area contributed by atoms with Crippen molar-refractivity contribution in [2.45, 2.75) is 56.2 Å². The molecule has 0 saturated carbocycles. The molecule has 1 saturated heterocycles. The van der Waals surface area contributed by atoms with Crippen LogP contribution in [0.3, 0.4) is 0 Å². The summed E-state index contributed by atoms with van der Waals surface area (Å²) < 4.78 is 18.1. The van der Waals surface area contributed by atoms with Crippen LogP contribution in [-0.4, -0.2) is 47.3 Å². The molecule has 5 rings (SSSR count). The Balaban J connectivity index is 1.52. The molecule has 0 aliphatic carbocycles. The quantitative estimate of drug-likeness (QED) is 0.0324. The number of amides is 1. The molecule has 0 bridgehead atoms. The van der Waals surface area contributed by atoms with Gasteiger partial charge in [-0.3, -0.25) is 14.5 Å². The number of aromatic nitrogens is 2. The van der Waals surface area contributed by atoms with Crippen LogP contribution in [0.15, 0.2) is 76.6 Å². The standard InChI is InChI=1S/C36H38ClN3O6S2/c1-5-6-18-45-27-14-9-24(10-15-27)32(41)30-31(25-11-16-28(29(20-25)44-4)46-19-17-22(2)3)40(34(43)33(30)42)35-38-39-36(48-35)47-21-23-7-12-26(37)13-8-23/h7-16,20,22,31,41H,5-6,17-19,21H2,1-4H3/t31-/m0/s1. The number of ether oxygens (including phenoxy) is 3. The molecule has 3 aromatic carbocycles. The van der Waals surface area contributed by atoms with Crippen LogP contribution in [0.1, 0.15) is 62.8 Å². The third-order valence-electron chi connectivity index (χ3n) is 7.67. The molecule has 1 aliphatic heterocycles. The van der Waals surface area contributed by atoms with Gasteiger partial charge in [0, 0.05) is 16.3 Å². The van der Waals surface area contributed by atoms with Gasteiger partial charge in [-0.05, 0) is 78.4 Å². The number of anilines is 1. The lowest BCUT2D eigenvalue weighted by atomic mass is 9.95. The van der Waals surface area contributed by atoms with Gasteiger partial charge in [-0.25, -0.2) is 0 Å². The summed E-state index contributed by atoms with van der Waals surface area (Å²) in [5.41, 5.74) is 1.89. The second kappa shape index (κ2) is 16.4.